The van der Waals surface area contributed by atoms with Crippen LogP contribution in [0, 0.1) is 0 Å². The third-order valence-corrected chi connectivity index (χ3v) is 2.01. The third-order valence-electron chi connectivity index (χ3n) is 2.01. The van der Waals surface area contributed by atoms with Gasteiger partial charge in [0.25, 0.3) is 0 Å². The molecule has 1 aromatic carbocycles. The van der Waals surface area contributed by atoms with Gasteiger partial charge in [-0.15, -0.1) is 15.0 Å². The van der Waals surface area contributed by atoms with Crippen LogP contribution < -0.4 is 5.73 Å². The van der Waals surface area contributed by atoms with E-state index in [1.54, 1.807) is 12.1 Å². The van der Waals surface area contributed by atoms with Gasteiger partial charge in [-0.2, -0.15) is 0 Å². The Morgan fingerprint density at radius 3 is 2.62 bits per heavy atom. The second kappa shape index (κ2) is 4.01. The Kier molecular flexibility index (Phi) is 2.55. The molecule has 0 atom stereocenters. The maximum Gasteiger partial charge on any atom is 0.362 e. The number of carbonyl (C=O) groups excluding carboxylic acids is 1. The fraction of sp³-hybridized carbons (Fsp3) is 0.100. The molecule has 2 rings (SSSR count). The van der Waals surface area contributed by atoms with Gasteiger partial charge in [0.05, 0.1) is 12.8 Å². The van der Waals surface area contributed by atoms with Crippen molar-refractivity contribution in [3.8, 4) is 5.69 Å². The molecule has 0 amide bonds. The first kappa shape index (κ1) is 10.2. The Morgan fingerprint density at radius 1 is 1.31 bits per heavy atom. The van der Waals surface area contributed by atoms with Gasteiger partial charge in [0, 0.05) is 0 Å². The minimum absolute atomic E-state index is 0.0198. The highest BCUT2D eigenvalue weighted by atomic mass is 16.5. The van der Waals surface area contributed by atoms with Crippen LogP contribution in [0.1, 0.15) is 10.5 Å². The molecule has 1 aromatic heterocycles. The Bertz CT molecular complexity index is 507. The Labute approximate surface area is 91.6 Å². The molecule has 0 saturated heterocycles. The predicted octanol–water partition coefficient (Wildman–Crippen LogP) is 0.636. The molecule has 0 saturated carbocycles. The Balaban J connectivity index is 2.42. The number of esters is 1. The fourth-order valence-corrected chi connectivity index (χ4v) is 1.24. The minimum atomic E-state index is -0.598. The van der Waals surface area contributed by atoms with E-state index < -0.39 is 5.97 Å². The van der Waals surface area contributed by atoms with Gasteiger partial charge in [0.1, 0.15) is 0 Å². The van der Waals surface area contributed by atoms with E-state index >= 15 is 0 Å². The number of hydrogen-bond acceptors (Lipinski definition) is 5. The zero-order chi connectivity index (χ0) is 11.5. The highest BCUT2D eigenvalue weighted by Crippen LogP contribution is 2.10. The maximum absolute atomic E-state index is 11.3. The summed E-state index contributed by atoms with van der Waals surface area (Å²) in [5, 5.41) is 7.89. The predicted molar refractivity (Wildman–Crippen MR) is 57.1 cm³/mol. The largest absolute Gasteiger partial charge is 0.464 e. The summed E-state index contributed by atoms with van der Waals surface area (Å²) >= 11 is 0. The van der Waals surface area contributed by atoms with Crippen molar-refractivity contribution in [2.75, 3.05) is 12.8 Å². The van der Waals surface area contributed by atoms with Crippen LogP contribution >= 0.6 is 0 Å². The van der Waals surface area contributed by atoms with Crippen LogP contribution in [-0.4, -0.2) is 28.1 Å². The number of nitrogens with zero attached hydrogens (tertiary/aromatic N) is 3. The molecule has 0 aliphatic rings. The summed E-state index contributed by atoms with van der Waals surface area (Å²) in [4.78, 5) is 12.6. The highest BCUT2D eigenvalue weighted by molar-refractivity contribution is 5.91. The zero-order valence-corrected chi connectivity index (χ0v) is 8.62. The van der Waals surface area contributed by atoms with Gasteiger partial charge in [0.15, 0.2) is 5.82 Å². The molecular weight excluding hydrogens is 208 g/mol. The smallest absolute Gasteiger partial charge is 0.362 e. The van der Waals surface area contributed by atoms with E-state index in [-0.39, 0.29) is 11.5 Å². The van der Waals surface area contributed by atoms with Crippen molar-refractivity contribution in [1.82, 2.24) is 15.0 Å². The number of nitrogens with two attached hydrogens (primary N) is 1. The number of rotatable bonds is 2. The van der Waals surface area contributed by atoms with Crippen molar-refractivity contribution < 1.29 is 9.53 Å². The molecule has 0 fully saturated rings. The molecule has 0 bridgehead atoms. The lowest BCUT2D eigenvalue weighted by molar-refractivity contribution is 0.0594. The molecule has 0 spiro atoms. The molecule has 6 nitrogen and oxygen atoms in total. The van der Waals surface area contributed by atoms with Crippen LogP contribution in [-0.2, 0) is 4.74 Å². The Hall–Kier alpha value is -2.37. The first-order chi connectivity index (χ1) is 7.72. The molecule has 2 N–H and O–H groups in total. The lowest BCUT2D eigenvalue weighted by Gasteiger charge is -1.96. The number of para-hydroxylation sites is 1. The van der Waals surface area contributed by atoms with Crippen LogP contribution in [0.2, 0.25) is 0 Å². The number of benzene rings is 1. The van der Waals surface area contributed by atoms with E-state index in [1.807, 2.05) is 18.2 Å². The van der Waals surface area contributed by atoms with E-state index in [4.69, 9.17) is 5.73 Å². The second-order valence-corrected chi connectivity index (χ2v) is 3.05. The highest BCUT2D eigenvalue weighted by Gasteiger charge is 2.17. The number of aromatic nitrogens is 3. The molecule has 0 aliphatic carbocycles. The third kappa shape index (κ3) is 1.72. The molecular formula is C10H10N4O2. The number of carbonyl (C=O) groups is 1. The van der Waals surface area contributed by atoms with Crippen molar-refractivity contribution in [2.45, 2.75) is 0 Å². The first-order valence-electron chi connectivity index (χ1n) is 4.59. The number of ether oxygens (including phenoxy) is 1. The monoisotopic (exact) mass is 218 g/mol. The average molecular weight is 218 g/mol. The maximum atomic E-state index is 11.3. The van der Waals surface area contributed by atoms with Crippen LogP contribution in [0.4, 0.5) is 5.82 Å². The summed E-state index contributed by atoms with van der Waals surface area (Å²) < 4.78 is 4.53. The average Bonchev–Trinajstić information content (AvgIpc) is 2.71. The summed E-state index contributed by atoms with van der Waals surface area (Å²) in [6.45, 7) is 0. The SMILES string of the molecule is COC(=O)c1nn(-c2ccccc2)nc1N. The van der Waals surface area contributed by atoms with Gasteiger partial charge in [-0.3, -0.25) is 0 Å². The van der Waals surface area contributed by atoms with E-state index in [0.717, 1.165) is 5.69 Å². The fourth-order valence-electron chi connectivity index (χ4n) is 1.24. The number of hydrogen-bond donors (Lipinski definition) is 1. The van der Waals surface area contributed by atoms with E-state index in [0.29, 0.717) is 0 Å². The number of methoxy groups -OCH3 is 1. The molecule has 6 heteroatoms. The lowest BCUT2D eigenvalue weighted by Crippen LogP contribution is -2.05. The number of nitrogen functional groups attached to an aromatic ring is 1. The van der Waals surface area contributed by atoms with Crippen LogP contribution in [0.5, 0.6) is 0 Å². The van der Waals surface area contributed by atoms with Crippen LogP contribution in [0.25, 0.3) is 5.69 Å². The summed E-state index contributed by atoms with van der Waals surface area (Å²) in [5.41, 5.74) is 6.31. The summed E-state index contributed by atoms with van der Waals surface area (Å²) in [6, 6.07) is 9.16. The van der Waals surface area contributed by atoms with Crippen molar-refractivity contribution in [2.24, 2.45) is 0 Å². The minimum Gasteiger partial charge on any atom is -0.464 e. The van der Waals surface area contributed by atoms with E-state index in [1.165, 1.54) is 11.9 Å². The quantitative estimate of drug-likeness (QED) is 0.748. The molecule has 16 heavy (non-hydrogen) atoms. The number of anilines is 1. The summed E-state index contributed by atoms with van der Waals surface area (Å²) in [7, 11) is 1.27. The van der Waals surface area contributed by atoms with Gasteiger partial charge in [-0.1, -0.05) is 18.2 Å². The van der Waals surface area contributed by atoms with Crippen molar-refractivity contribution >= 4 is 11.8 Å². The van der Waals surface area contributed by atoms with Gasteiger partial charge in [-0.05, 0) is 12.1 Å². The topological polar surface area (TPSA) is 83.0 Å². The van der Waals surface area contributed by atoms with Gasteiger partial charge >= 0.3 is 5.97 Å². The molecule has 0 aliphatic heterocycles. The zero-order valence-electron chi connectivity index (χ0n) is 8.62. The normalized spacial score (nSPS) is 10.1. The van der Waals surface area contributed by atoms with Crippen LogP contribution in [0.15, 0.2) is 30.3 Å². The van der Waals surface area contributed by atoms with Gasteiger partial charge < -0.3 is 10.5 Å². The van der Waals surface area contributed by atoms with E-state index in [9.17, 15) is 4.79 Å². The molecule has 82 valence electrons. The summed E-state index contributed by atoms with van der Waals surface area (Å²) in [6.07, 6.45) is 0. The standard InChI is InChI=1S/C10H10N4O2/c1-16-10(15)8-9(11)13-14(12-8)7-5-3-2-4-6-7/h2-6H,1H3,(H2,11,13). The Morgan fingerprint density at radius 2 is 2.00 bits per heavy atom. The lowest BCUT2D eigenvalue weighted by atomic mass is 10.3. The van der Waals surface area contributed by atoms with Gasteiger partial charge in [-0.25, -0.2) is 4.79 Å². The van der Waals surface area contributed by atoms with Crippen molar-refractivity contribution in [3.63, 3.8) is 0 Å². The van der Waals surface area contributed by atoms with Crippen molar-refractivity contribution in [3.05, 3.63) is 36.0 Å². The van der Waals surface area contributed by atoms with Gasteiger partial charge in [0.2, 0.25) is 5.69 Å². The molecule has 1 heterocycles. The molecule has 0 unspecified atom stereocenters. The van der Waals surface area contributed by atoms with Crippen LogP contribution in [0.3, 0.4) is 0 Å². The summed E-state index contributed by atoms with van der Waals surface area (Å²) in [5.74, 6) is -0.546. The van der Waals surface area contributed by atoms with Crippen molar-refractivity contribution in [1.29, 1.82) is 0 Å². The van der Waals surface area contributed by atoms with E-state index in [2.05, 4.69) is 14.9 Å². The second-order valence-electron chi connectivity index (χ2n) is 3.05. The molecule has 0 radical (unpaired) electrons. The molecule has 2 aromatic rings. The first-order valence-corrected chi connectivity index (χ1v) is 4.59.